The first-order chi connectivity index (χ1) is 9.79. The second-order valence-corrected chi connectivity index (χ2v) is 4.56. The van der Waals surface area contributed by atoms with Gasteiger partial charge in [0.25, 0.3) is 5.91 Å². The molecule has 0 fully saturated rings. The first-order valence-electron chi connectivity index (χ1n) is 6.07. The number of halogens is 3. The maximum absolute atomic E-state index is 12.0. The maximum Gasteiger partial charge on any atom is 0.411 e. The van der Waals surface area contributed by atoms with Crippen molar-refractivity contribution in [1.29, 1.82) is 0 Å². The minimum absolute atomic E-state index is 0.122. The molecule has 21 heavy (non-hydrogen) atoms. The highest BCUT2D eigenvalue weighted by Crippen LogP contribution is 2.32. The van der Waals surface area contributed by atoms with Crippen LogP contribution < -0.4 is 4.90 Å². The molecular formula is C13H12F3NO4. The molecule has 1 amide bonds. The Morgan fingerprint density at radius 3 is 2.62 bits per heavy atom. The number of hydrogen-bond acceptors (Lipinski definition) is 3. The fourth-order valence-corrected chi connectivity index (χ4v) is 2.22. The largest absolute Gasteiger partial charge is 0.480 e. The number of carboxylic acid groups (broad SMARTS) is 1. The van der Waals surface area contributed by atoms with E-state index in [9.17, 15) is 22.8 Å². The molecule has 0 aromatic heterocycles. The number of alkyl halides is 3. The highest BCUT2D eigenvalue weighted by Gasteiger charge is 2.38. The van der Waals surface area contributed by atoms with Gasteiger partial charge in [0.15, 0.2) is 0 Å². The fraction of sp³-hybridized carbons (Fsp3) is 0.385. The average molecular weight is 303 g/mol. The third kappa shape index (κ3) is 3.52. The second kappa shape index (κ2) is 5.72. The molecule has 1 aliphatic heterocycles. The van der Waals surface area contributed by atoms with Crippen molar-refractivity contribution in [3.05, 3.63) is 29.8 Å². The second-order valence-electron chi connectivity index (χ2n) is 4.56. The number of carbonyl (C=O) groups excluding carboxylic acids is 1. The molecule has 1 aromatic carbocycles. The number of aliphatic carboxylic acids is 1. The lowest BCUT2D eigenvalue weighted by Crippen LogP contribution is -2.44. The number of ether oxygens (including phenoxy) is 1. The number of nitrogens with zero attached hydrogens (tertiary/aromatic N) is 1. The summed E-state index contributed by atoms with van der Waals surface area (Å²) in [6, 6.07) is 5.44. The van der Waals surface area contributed by atoms with Gasteiger partial charge in [-0.25, -0.2) is 4.79 Å². The normalized spacial score (nSPS) is 17.7. The summed E-state index contributed by atoms with van der Waals surface area (Å²) in [7, 11) is 0. The first kappa shape index (κ1) is 15.3. The standard InChI is InChI=1S/C13H12F3NO4/c14-13(15,16)7-21-6-11(18)17-9-4-2-1-3-8(9)5-10(17)12(19)20/h1-4,10H,5-7H2,(H,19,20)/t10-/m0/s1. The summed E-state index contributed by atoms with van der Waals surface area (Å²) >= 11 is 0. The number of carboxylic acids is 1. The van der Waals surface area contributed by atoms with Crippen LogP contribution >= 0.6 is 0 Å². The third-order valence-corrected chi connectivity index (χ3v) is 3.02. The van der Waals surface area contributed by atoms with E-state index < -0.39 is 37.3 Å². The Bertz CT molecular complexity index is 559. The van der Waals surface area contributed by atoms with Crippen molar-refractivity contribution in [2.24, 2.45) is 0 Å². The van der Waals surface area contributed by atoms with Gasteiger partial charge in [-0.15, -0.1) is 0 Å². The molecule has 0 saturated heterocycles. The van der Waals surface area contributed by atoms with Crippen LogP contribution in [0.15, 0.2) is 24.3 Å². The molecule has 0 aliphatic carbocycles. The number of hydrogen-bond donors (Lipinski definition) is 1. The van der Waals surface area contributed by atoms with E-state index in [1.54, 1.807) is 24.3 Å². The smallest absolute Gasteiger partial charge is 0.411 e. The Hall–Kier alpha value is -2.09. The summed E-state index contributed by atoms with van der Waals surface area (Å²) in [5, 5.41) is 9.14. The maximum atomic E-state index is 12.0. The molecule has 5 nitrogen and oxygen atoms in total. The number of benzene rings is 1. The zero-order valence-corrected chi connectivity index (χ0v) is 10.8. The van der Waals surface area contributed by atoms with Crippen LogP contribution in [0.2, 0.25) is 0 Å². The van der Waals surface area contributed by atoms with Crippen molar-refractivity contribution in [2.45, 2.75) is 18.6 Å². The lowest BCUT2D eigenvalue weighted by molar-refractivity contribution is -0.175. The Morgan fingerprint density at radius 1 is 1.33 bits per heavy atom. The predicted molar refractivity (Wildman–Crippen MR) is 65.9 cm³/mol. The highest BCUT2D eigenvalue weighted by molar-refractivity contribution is 6.02. The van der Waals surface area contributed by atoms with Crippen LogP contribution in [0, 0.1) is 0 Å². The molecule has 8 heteroatoms. The highest BCUT2D eigenvalue weighted by atomic mass is 19.4. The number of amides is 1. The van der Waals surface area contributed by atoms with Gasteiger partial charge >= 0.3 is 12.1 Å². The van der Waals surface area contributed by atoms with Crippen molar-refractivity contribution < 1.29 is 32.6 Å². The van der Waals surface area contributed by atoms with E-state index >= 15 is 0 Å². The van der Waals surface area contributed by atoms with Gasteiger partial charge in [0.2, 0.25) is 0 Å². The van der Waals surface area contributed by atoms with Crippen LogP contribution in [-0.4, -0.2) is 42.4 Å². The Kier molecular flexibility index (Phi) is 4.17. The minimum Gasteiger partial charge on any atom is -0.480 e. The van der Waals surface area contributed by atoms with E-state index in [4.69, 9.17) is 5.11 Å². The topological polar surface area (TPSA) is 66.8 Å². The summed E-state index contributed by atoms with van der Waals surface area (Å²) in [6.07, 6.45) is -4.41. The van der Waals surface area contributed by atoms with E-state index in [1.165, 1.54) is 0 Å². The molecule has 1 heterocycles. The lowest BCUT2D eigenvalue weighted by Gasteiger charge is -2.22. The number of para-hydroxylation sites is 1. The van der Waals surface area contributed by atoms with E-state index in [2.05, 4.69) is 4.74 Å². The monoisotopic (exact) mass is 303 g/mol. The SMILES string of the molecule is O=C(O)[C@@H]1Cc2ccccc2N1C(=O)COCC(F)(F)F. The third-order valence-electron chi connectivity index (χ3n) is 3.02. The van der Waals surface area contributed by atoms with Gasteiger partial charge in [-0.2, -0.15) is 13.2 Å². The van der Waals surface area contributed by atoms with Gasteiger partial charge in [0, 0.05) is 12.1 Å². The minimum atomic E-state index is -4.53. The van der Waals surface area contributed by atoms with E-state index in [0.717, 1.165) is 4.90 Å². The molecule has 2 rings (SSSR count). The zero-order chi connectivity index (χ0) is 15.6. The van der Waals surface area contributed by atoms with Crippen LogP contribution in [0.4, 0.5) is 18.9 Å². The summed E-state index contributed by atoms with van der Waals surface area (Å²) in [5.41, 5.74) is 1.06. The Morgan fingerprint density at radius 2 is 2.00 bits per heavy atom. The zero-order valence-electron chi connectivity index (χ0n) is 10.8. The molecule has 0 radical (unpaired) electrons. The molecule has 1 atom stereocenters. The summed E-state index contributed by atoms with van der Waals surface area (Å²) in [5.74, 6) is -2.02. The molecular weight excluding hydrogens is 291 g/mol. The lowest BCUT2D eigenvalue weighted by atomic mass is 10.1. The molecule has 0 spiro atoms. The number of carbonyl (C=O) groups is 2. The van der Waals surface area contributed by atoms with Crippen molar-refractivity contribution in [1.82, 2.24) is 0 Å². The van der Waals surface area contributed by atoms with Gasteiger partial charge in [0.1, 0.15) is 19.3 Å². The summed E-state index contributed by atoms with van der Waals surface area (Å²) in [4.78, 5) is 24.2. The predicted octanol–water partition coefficient (Wildman–Crippen LogP) is 1.61. The van der Waals surface area contributed by atoms with Crippen LogP contribution in [0.3, 0.4) is 0 Å². The van der Waals surface area contributed by atoms with Crippen molar-refractivity contribution in [3.63, 3.8) is 0 Å². The van der Waals surface area contributed by atoms with Gasteiger partial charge in [-0.05, 0) is 11.6 Å². The van der Waals surface area contributed by atoms with Crippen molar-refractivity contribution >= 4 is 17.6 Å². The van der Waals surface area contributed by atoms with Crippen LogP contribution in [0.25, 0.3) is 0 Å². The number of anilines is 1. The Balaban J connectivity index is 2.11. The Labute approximate surface area is 117 Å². The van der Waals surface area contributed by atoms with Crippen molar-refractivity contribution in [2.75, 3.05) is 18.1 Å². The van der Waals surface area contributed by atoms with E-state index in [0.29, 0.717) is 11.3 Å². The van der Waals surface area contributed by atoms with Gasteiger partial charge in [-0.3, -0.25) is 9.69 Å². The number of fused-ring (bicyclic) bond motifs is 1. The fourth-order valence-electron chi connectivity index (χ4n) is 2.22. The number of rotatable bonds is 4. The van der Waals surface area contributed by atoms with Crippen LogP contribution in [0.1, 0.15) is 5.56 Å². The van der Waals surface area contributed by atoms with Gasteiger partial charge < -0.3 is 9.84 Å². The molecule has 1 N–H and O–H groups in total. The quantitative estimate of drug-likeness (QED) is 0.917. The summed E-state index contributed by atoms with van der Waals surface area (Å²) in [6.45, 7) is -2.37. The molecule has 0 saturated carbocycles. The molecule has 0 unspecified atom stereocenters. The molecule has 114 valence electrons. The van der Waals surface area contributed by atoms with Crippen molar-refractivity contribution in [3.8, 4) is 0 Å². The average Bonchev–Trinajstić information content (AvgIpc) is 2.76. The summed E-state index contributed by atoms with van der Waals surface area (Å²) < 4.78 is 40.3. The molecule has 0 bridgehead atoms. The molecule has 1 aromatic rings. The van der Waals surface area contributed by atoms with E-state index in [1.807, 2.05) is 0 Å². The van der Waals surface area contributed by atoms with Crippen LogP contribution in [0.5, 0.6) is 0 Å². The van der Waals surface area contributed by atoms with Gasteiger partial charge in [0.05, 0.1) is 0 Å². The molecule has 1 aliphatic rings. The van der Waals surface area contributed by atoms with Crippen LogP contribution in [-0.2, 0) is 20.7 Å². The van der Waals surface area contributed by atoms with Gasteiger partial charge in [-0.1, -0.05) is 18.2 Å². The van der Waals surface area contributed by atoms with E-state index in [-0.39, 0.29) is 6.42 Å². The first-order valence-corrected chi connectivity index (χ1v) is 6.07.